The summed E-state index contributed by atoms with van der Waals surface area (Å²) in [4.78, 5) is 13.5. The number of aromatic amines is 1. The molecule has 6 nitrogen and oxygen atoms in total. The predicted octanol–water partition coefficient (Wildman–Crippen LogP) is -0.703. The highest BCUT2D eigenvalue weighted by Crippen LogP contribution is 2.08. The average Bonchev–Trinajstić information content (AvgIpc) is 2.64. The number of hydrogen-bond acceptors (Lipinski definition) is 5. The fraction of sp³-hybridized carbons (Fsp3) is 0.667. The zero-order chi connectivity index (χ0) is 10.7. The summed E-state index contributed by atoms with van der Waals surface area (Å²) in [5, 5.41) is 10.2. The summed E-state index contributed by atoms with van der Waals surface area (Å²) in [7, 11) is 0. The first-order valence-corrected chi connectivity index (χ1v) is 5.11. The Balaban J connectivity index is 1.95. The number of nitrogens with one attached hydrogen (secondary N) is 1. The highest BCUT2D eigenvalue weighted by atomic mass is 16.1. The average molecular weight is 209 g/mol. The van der Waals surface area contributed by atoms with Crippen LogP contribution in [0, 0.1) is 0 Å². The number of ketones is 1. The van der Waals surface area contributed by atoms with Crippen LogP contribution in [0.25, 0.3) is 0 Å². The lowest BCUT2D eigenvalue weighted by Crippen LogP contribution is -2.40. The number of carbonyl (C=O) groups is 1. The van der Waals surface area contributed by atoms with Crippen molar-refractivity contribution in [2.24, 2.45) is 5.73 Å². The molecule has 0 saturated carbocycles. The standard InChI is InChI=1S/C9H15N5O/c10-8-6-14(3-1-2-9(8)15)5-7-4-11-13-12-7/h4,8H,1-3,5-6,10H2,(H,11,12,13)/t8-/m0/s1. The van der Waals surface area contributed by atoms with Gasteiger partial charge in [-0.1, -0.05) is 5.21 Å². The molecule has 2 rings (SSSR count). The normalized spacial score (nSPS) is 24.1. The van der Waals surface area contributed by atoms with Crippen LogP contribution >= 0.6 is 0 Å². The second-order valence-electron chi connectivity index (χ2n) is 3.88. The third kappa shape index (κ3) is 2.60. The molecule has 1 aromatic rings. The summed E-state index contributed by atoms with van der Waals surface area (Å²) in [5.41, 5.74) is 6.65. The smallest absolute Gasteiger partial charge is 0.150 e. The molecule has 0 amide bonds. The quantitative estimate of drug-likeness (QED) is 0.672. The van der Waals surface area contributed by atoms with Crippen LogP contribution < -0.4 is 5.73 Å². The Labute approximate surface area is 87.8 Å². The molecule has 0 radical (unpaired) electrons. The van der Waals surface area contributed by atoms with E-state index in [1.807, 2.05) is 0 Å². The molecule has 1 aliphatic rings. The van der Waals surface area contributed by atoms with Gasteiger partial charge in [0.25, 0.3) is 0 Å². The Morgan fingerprint density at radius 2 is 2.53 bits per heavy atom. The number of likely N-dealkylation sites (tertiary alicyclic amines) is 1. The van der Waals surface area contributed by atoms with E-state index in [2.05, 4.69) is 20.3 Å². The highest BCUT2D eigenvalue weighted by Gasteiger charge is 2.21. The number of nitrogens with two attached hydrogens (primary N) is 1. The zero-order valence-electron chi connectivity index (χ0n) is 8.52. The summed E-state index contributed by atoms with van der Waals surface area (Å²) in [6.07, 6.45) is 3.24. The van der Waals surface area contributed by atoms with Gasteiger partial charge in [-0.25, -0.2) is 0 Å². The molecule has 1 aliphatic heterocycles. The Morgan fingerprint density at radius 3 is 3.27 bits per heavy atom. The van der Waals surface area contributed by atoms with Crippen LogP contribution in [0.3, 0.4) is 0 Å². The van der Waals surface area contributed by atoms with Gasteiger partial charge in [-0.2, -0.15) is 0 Å². The summed E-state index contributed by atoms with van der Waals surface area (Å²) >= 11 is 0. The van der Waals surface area contributed by atoms with Crippen LogP contribution in [-0.4, -0.2) is 45.2 Å². The van der Waals surface area contributed by atoms with Gasteiger partial charge in [-0.05, 0) is 13.0 Å². The van der Waals surface area contributed by atoms with Gasteiger partial charge in [-0.15, -0.1) is 5.10 Å². The summed E-state index contributed by atoms with van der Waals surface area (Å²) in [5.74, 6) is 0.164. The van der Waals surface area contributed by atoms with Crippen LogP contribution in [0.15, 0.2) is 6.20 Å². The molecular formula is C9H15N5O. The maximum Gasteiger partial charge on any atom is 0.150 e. The van der Waals surface area contributed by atoms with E-state index in [0.717, 1.165) is 18.7 Å². The predicted molar refractivity (Wildman–Crippen MR) is 53.9 cm³/mol. The fourth-order valence-electron chi connectivity index (χ4n) is 1.81. The Morgan fingerprint density at radius 1 is 1.67 bits per heavy atom. The molecule has 0 bridgehead atoms. The van der Waals surface area contributed by atoms with Crippen molar-refractivity contribution >= 4 is 5.78 Å². The van der Waals surface area contributed by atoms with Crippen LogP contribution in [0.5, 0.6) is 0 Å². The first-order valence-electron chi connectivity index (χ1n) is 5.11. The third-order valence-corrected chi connectivity index (χ3v) is 2.62. The van der Waals surface area contributed by atoms with Crippen molar-refractivity contribution in [2.75, 3.05) is 13.1 Å². The third-order valence-electron chi connectivity index (χ3n) is 2.62. The summed E-state index contributed by atoms with van der Waals surface area (Å²) < 4.78 is 0. The summed E-state index contributed by atoms with van der Waals surface area (Å²) in [6, 6.07) is -0.348. The number of H-pyrrole nitrogens is 1. The Kier molecular flexibility index (Phi) is 3.08. The van der Waals surface area contributed by atoms with Crippen molar-refractivity contribution in [1.82, 2.24) is 20.3 Å². The Bertz CT molecular complexity index is 323. The largest absolute Gasteiger partial charge is 0.320 e. The van der Waals surface area contributed by atoms with Crippen LogP contribution in [-0.2, 0) is 11.3 Å². The molecule has 3 N–H and O–H groups in total. The second kappa shape index (κ2) is 4.50. The first-order chi connectivity index (χ1) is 7.25. The summed E-state index contributed by atoms with van der Waals surface area (Å²) in [6.45, 7) is 2.22. The molecule has 0 aliphatic carbocycles. The van der Waals surface area contributed by atoms with Gasteiger partial charge in [-0.3, -0.25) is 14.8 Å². The van der Waals surface area contributed by atoms with Gasteiger partial charge < -0.3 is 5.73 Å². The number of Topliss-reactive ketones (excluding diaryl/α,β-unsaturated/α-hetero) is 1. The first kappa shape index (κ1) is 10.3. The maximum atomic E-state index is 11.4. The fourth-order valence-corrected chi connectivity index (χ4v) is 1.81. The lowest BCUT2D eigenvalue weighted by molar-refractivity contribution is -0.120. The zero-order valence-corrected chi connectivity index (χ0v) is 8.52. The van der Waals surface area contributed by atoms with Crippen molar-refractivity contribution in [2.45, 2.75) is 25.4 Å². The number of carbonyl (C=O) groups excluding carboxylic acids is 1. The topological polar surface area (TPSA) is 87.9 Å². The molecule has 15 heavy (non-hydrogen) atoms. The van der Waals surface area contributed by atoms with E-state index in [1.165, 1.54) is 0 Å². The maximum absolute atomic E-state index is 11.4. The molecule has 1 atom stereocenters. The van der Waals surface area contributed by atoms with Crippen molar-refractivity contribution in [3.63, 3.8) is 0 Å². The minimum atomic E-state index is -0.348. The number of aromatic nitrogens is 3. The van der Waals surface area contributed by atoms with E-state index in [-0.39, 0.29) is 11.8 Å². The van der Waals surface area contributed by atoms with E-state index in [0.29, 0.717) is 19.5 Å². The van der Waals surface area contributed by atoms with Gasteiger partial charge in [0.2, 0.25) is 0 Å². The minimum absolute atomic E-state index is 0.164. The van der Waals surface area contributed by atoms with Crippen molar-refractivity contribution in [3.8, 4) is 0 Å². The monoisotopic (exact) mass is 209 g/mol. The van der Waals surface area contributed by atoms with Crippen LogP contribution in [0.1, 0.15) is 18.5 Å². The molecule has 1 aromatic heterocycles. The van der Waals surface area contributed by atoms with E-state index in [1.54, 1.807) is 6.20 Å². The molecule has 6 heteroatoms. The van der Waals surface area contributed by atoms with Crippen LogP contribution in [0.4, 0.5) is 0 Å². The number of hydrogen-bond donors (Lipinski definition) is 2. The molecule has 0 unspecified atom stereocenters. The van der Waals surface area contributed by atoms with Crippen LogP contribution in [0.2, 0.25) is 0 Å². The highest BCUT2D eigenvalue weighted by molar-refractivity contribution is 5.84. The van der Waals surface area contributed by atoms with Gasteiger partial charge >= 0.3 is 0 Å². The molecule has 82 valence electrons. The molecule has 2 heterocycles. The van der Waals surface area contributed by atoms with Crippen molar-refractivity contribution in [1.29, 1.82) is 0 Å². The molecule has 1 saturated heterocycles. The SMILES string of the molecule is N[C@H]1CN(Cc2c[nH]nn2)CCCC1=O. The number of rotatable bonds is 2. The van der Waals surface area contributed by atoms with Gasteiger partial charge in [0, 0.05) is 25.7 Å². The van der Waals surface area contributed by atoms with E-state index in [4.69, 9.17) is 5.73 Å². The molecule has 0 spiro atoms. The number of nitrogens with zero attached hydrogens (tertiary/aromatic N) is 3. The Hall–Kier alpha value is -1.27. The lowest BCUT2D eigenvalue weighted by atomic mass is 10.1. The van der Waals surface area contributed by atoms with Gasteiger partial charge in [0.1, 0.15) is 0 Å². The lowest BCUT2D eigenvalue weighted by Gasteiger charge is -2.19. The van der Waals surface area contributed by atoms with E-state index < -0.39 is 0 Å². The minimum Gasteiger partial charge on any atom is -0.320 e. The van der Waals surface area contributed by atoms with Gasteiger partial charge in [0.15, 0.2) is 5.78 Å². The van der Waals surface area contributed by atoms with Gasteiger partial charge in [0.05, 0.1) is 11.7 Å². The second-order valence-corrected chi connectivity index (χ2v) is 3.88. The van der Waals surface area contributed by atoms with Crippen molar-refractivity contribution in [3.05, 3.63) is 11.9 Å². The van der Waals surface area contributed by atoms with E-state index >= 15 is 0 Å². The molecule has 0 aromatic carbocycles. The van der Waals surface area contributed by atoms with Crippen molar-refractivity contribution < 1.29 is 4.79 Å². The van der Waals surface area contributed by atoms with E-state index in [9.17, 15) is 4.79 Å². The molecular weight excluding hydrogens is 194 g/mol. The molecule has 1 fully saturated rings.